The number of rotatable bonds is 8. The quantitative estimate of drug-likeness (QED) is 0.756. The zero-order chi connectivity index (χ0) is 14.1. The lowest BCUT2D eigenvalue weighted by Crippen LogP contribution is -2.33. The first-order valence-corrected chi connectivity index (χ1v) is 6.87. The van der Waals surface area contributed by atoms with E-state index in [0.29, 0.717) is 19.6 Å². The third-order valence-corrected chi connectivity index (χ3v) is 2.74. The number of ether oxygens (including phenoxy) is 1. The highest BCUT2D eigenvalue weighted by molar-refractivity contribution is 5.76. The van der Waals surface area contributed by atoms with Crippen LogP contribution >= 0.6 is 0 Å². The van der Waals surface area contributed by atoms with E-state index in [1.807, 2.05) is 45.0 Å². The van der Waals surface area contributed by atoms with Crippen LogP contribution in [-0.4, -0.2) is 25.1 Å². The summed E-state index contributed by atoms with van der Waals surface area (Å²) in [6, 6.07) is 8.00. The maximum Gasteiger partial charge on any atom is 0.221 e. The van der Waals surface area contributed by atoms with Gasteiger partial charge in [0.2, 0.25) is 5.91 Å². The molecule has 0 spiro atoms. The van der Waals surface area contributed by atoms with Crippen LogP contribution in [0.1, 0.15) is 32.8 Å². The van der Waals surface area contributed by atoms with E-state index in [0.717, 1.165) is 17.9 Å². The maximum absolute atomic E-state index is 11.7. The first-order chi connectivity index (χ1) is 9.15. The van der Waals surface area contributed by atoms with Crippen molar-refractivity contribution < 1.29 is 9.53 Å². The standard InChI is InChI=1S/C15H24N2O2/c1-4-16-12(3)9-15(18)17-11-13-7-6-8-14(10-13)19-5-2/h6-8,10,12,16H,4-5,9,11H2,1-3H3,(H,17,18). The van der Waals surface area contributed by atoms with Gasteiger partial charge in [0.25, 0.3) is 0 Å². The van der Waals surface area contributed by atoms with Crippen LogP contribution in [0.15, 0.2) is 24.3 Å². The minimum atomic E-state index is 0.0651. The number of carbonyl (C=O) groups excluding carboxylic acids is 1. The first kappa shape index (κ1) is 15.5. The molecular weight excluding hydrogens is 240 g/mol. The molecule has 0 aliphatic rings. The van der Waals surface area contributed by atoms with Crippen molar-refractivity contribution in [1.82, 2.24) is 10.6 Å². The van der Waals surface area contributed by atoms with Crippen molar-refractivity contribution >= 4 is 5.91 Å². The van der Waals surface area contributed by atoms with Gasteiger partial charge in [-0.15, -0.1) is 0 Å². The molecule has 4 heteroatoms. The largest absolute Gasteiger partial charge is 0.494 e. The van der Waals surface area contributed by atoms with Gasteiger partial charge in [-0.1, -0.05) is 19.1 Å². The third-order valence-electron chi connectivity index (χ3n) is 2.74. The zero-order valence-corrected chi connectivity index (χ0v) is 12.0. The highest BCUT2D eigenvalue weighted by Gasteiger charge is 2.07. The first-order valence-electron chi connectivity index (χ1n) is 6.87. The molecule has 19 heavy (non-hydrogen) atoms. The molecule has 1 rings (SSSR count). The third kappa shape index (κ3) is 6.25. The summed E-state index contributed by atoms with van der Waals surface area (Å²) in [5, 5.41) is 6.14. The summed E-state index contributed by atoms with van der Waals surface area (Å²) >= 11 is 0. The van der Waals surface area contributed by atoms with Crippen LogP contribution in [0.4, 0.5) is 0 Å². The zero-order valence-electron chi connectivity index (χ0n) is 12.0. The highest BCUT2D eigenvalue weighted by Crippen LogP contribution is 2.13. The Hall–Kier alpha value is -1.55. The van der Waals surface area contributed by atoms with E-state index in [1.54, 1.807) is 0 Å². The molecule has 0 aliphatic carbocycles. The lowest BCUT2D eigenvalue weighted by Gasteiger charge is -2.12. The Balaban J connectivity index is 2.39. The van der Waals surface area contributed by atoms with Gasteiger partial charge in [-0.25, -0.2) is 0 Å². The Morgan fingerprint density at radius 2 is 2.16 bits per heavy atom. The number of hydrogen-bond donors (Lipinski definition) is 2. The van der Waals surface area contributed by atoms with E-state index < -0.39 is 0 Å². The normalized spacial score (nSPS) is 11.9. The Morgan fingerprint density at radius 3 is 2.84 bits per heavy atom. The Morgan fingerprint density at radius 1 is 1.37 bits per heavy atom. The maximum atomic E-state index is 11.7. The van der Waals surface area contributed by atoms with Crippen LogP contribution in [0, 0.1) is 0 Å². The number of benzene rings is 1. The van der Waals surface area contributed by atoms with Crippen molar-refractivity contribution in [3.05, 3.63) is 29.8 Å². The highest BCUT2D eigenvalue weighted by atomic mass is 16.5. The van der Waals surface area contributed by atoms with Crippen molar-refractivity contribution in [2.45, 2.75) is 39.8 Å². The van der Waals surface area contributed by atoms with E-state index in [1.165, 1.54) is 0 Å². The van der Waals surface area contributed by atoms with Crippen LogP contribution in [0.3, 0.4) is 0 Å². The molecule has 1 amide bonds. The van der Waals surface area contributed by atoms with Crippen molar-refractivity contribution in [2.24, 2.45) is 0 Å². The summed E-state index contributed by atoms with van der Waals surface area (Å²) in [6.07, 6.45) is 0.499. The number of amides is 1. The van der Waals surface area contributed by atoms with Crippen molar-refractivity contribution in [3.63, 3.8) is 0 Å². The Labute approximate surface area is 115 Å². The minimum Gasteiger partial charge on any atom is -0.494 e. The fraction of sp³-hybridized carbons (Fsp3) is 0.533. The summed E-state index contributed by atoms with van der Waals surface area (Å²) in [5.41, 5.74) is 1.05. The molecule has 1 unspecified atom stereocenters. The van der Waals surface area contributed by atoms with Crippen LogP contribution in [0.25, 0.3) is 0 Å². The number of carbonyl (C=O) groups is 1. The molecule has 0 saturated heterocycles. The predicted octanol–water partition coefficient (Wildman–Crippen LogP) is 2.09. The van der Waals surface area contributed by atoms with Gasteiger partial charge in [-0.2, -0.15) is 0 Å². The molecule has 0 radical (unpaired) electrons. The summed E-state index contributed by atoms with van der Waals surface area (Å²) < 4.78 is 5.43. The van der Waals surface area contributed by atoms with Crippen molar-refractivity contribution in [1.29, 1.82) is 0 Å². The lowest BCUT2D eigenvalue weighted by molar-refractivity contribution is -0.121. The van der Waals surface area contributed by atoms with Gasteiger partial charge in [0, 0.05) is 19.0 Å². The summed E-state index contributed by atoms with van der Waals surface area (Å²) in [7, 11) is 0. The average molecular weight is 264 g/mol. The second-order valence-electron chi connectivity index (χ2n) is 4.52. The fourth-order valence-corrected chi connectivity index (χ4v) is 1.88. The van der Waals surface area contributed by atoms with E-state index in [9.17, 15) is 4.79 Å². The van der Waals surface area contributed by atoms with E-state index in [4.69, 9.17) is 4.74 Å². The van der Waals surface area contributed by atoms with Gasteiger partial charge in [0.1, 0.15) is 5.75 Å². The Kier molecular flexibility index (Phi) is 6.97. The van der Waals surface area contributed by atoms with Crippen molar-refractivity contribution in [3.8, 4) is 5.75 Å². The topological polar surface area (TPSA) is 50.4 Å². The molecule has 0 saturated carbocycles. The lowest BCUT2D eigenvalue weighted by atomic mass is 10.2. The fourth-order valence-electron chi connectivity index (χ4n) is 1.88. The van der Waals surface area contributed by atoms with Crippen LogP contribution in [0.5, 0.6) is 5.75 Å². The molecule has 0 heterocycles. The SMILES string of the molecule is CCNC(C)CC(=O)NCc1cccc(OCC)c1. The van der Waals surface area contributed by atoms with Gasteiger partial charge < -0.3 is 15.4 Å². The van der Waals surface area contributed by atoms with Crippen LogP contribution in [0.2, 0.25) is 0 Å². The van der Waals surface area contributed by atoms with Gasteiger partial charge in [0.05, 0.1) is 6.61 Å². The van der Waals surface area contributed by atoms with Crippen LogP contribution < -0.4 is 15.4 Å². The smallest absolute Gasteiger partial charge is 0.221 e. The molecule has 0 fully saturated rings. The van der Waals surface area contributed by atoms with E-state index >= 15 is 0 Å². The molecule has 4 nitrogen and oxygen atoms in total. The van der Waals surface area contributed by atoms with Gasteiger partial charge in [-0.3, -0.25) is 4.79 Å². The number of nitrogens with one attached hydrogen (secondary N) is 2. The molecular formula is C15H24N2O2. The molecule has 1 aromatic carbocycles. The van der Waals surface area contributed by atoms with E-state index in [-0.39, 0.29) is 11.9 Å². The van der Waals surface area contributed by atoms with Gasteiger partial charge in [-0.05, 0) is 38.1 Å². The van der Waals surface area contributed by atoms with Crippen LogP contribution in [-0.2, 0) is 11.3 Å². The summed E-state index contributed by atoms with van der Waals surface area (Å²) in [5.74, 6) is 0.908. The molecule has 1 aromatic rings. The molecule has 0 bridgehead atoms. The second kappa shape index (κ2) is 8.53. The van der Waals surface area contributed by atoms with Gasteiger partial charge >= 0.3 is 0 Å². The minimum absolute atomic E-state index is 0.0651. The molecule has 106 valence electrons. The molecule has 0 aliphatic heterocycles. The van der Waals surface area contributed by atoms with Gasteiger partial charge in [0.15, 0.2) is 0 Å². The monoisotopic (exact) mass is 264 g/mol. The predicted molar refractivity (Wildman–Crippen MR) is 77.2 cm³/mol. The second-order valence-corrected chi connectivity index (χ2v) is 4.52. The average Bonchev–Trinajstić information content (AvgIpc) is 2.37. The molecule has 0 aromatic heterocycles. The molecule has 1 atom stereocenters. The molecule has 2 N–H and O–H groups in total. The summed E-state index contributed by atoms with van der Waals surface area (Å²) in [4.78, 5) is 11.7. The Bertz CT molecular complexity index is 393. The number of hydrogen-bond acceptors (Lipinski definition) is 3. The van der Waals surface area contributed by atoms with E-state index in [2.05, 4.69) is 10.6 Å². The summed E-state index contributed by atoms with van der Waals surface area (Å²) in [6.45, 7) is 8.07. The van der Waals surface area contributed by atoms with Crippen molar-refractivity contribution in [2.75, 3.05) is 13.2 Å².